The molecule has 174 valence electrons. The fourth-order valence-corrected chi connectivity index (χ4v) is 3.07. The van der Waals surface area contributed by atoms with Crippen LogP contribution in [0.4, 0.5) is 5.82 Å². The predicted octanol–water partition coefficient (Wildman–Crippen LogP) is 2.46. The fourth-order valence-electron chi connectivity index (χ4n) is 3.07. The van der Waals surface area contributed by atoms with Crippen LogP contribution in [-0.2, 0) is 0 Å². The zero-order valence-electron chi connectivity index (χ0n) is 18.7. The summed E-state index contributed by atoms with van der Waals surface area (Å²) in [4.78, 5) is 12.9. The van der Waals surface area contributed by atoms with E-state index < -0.39 is 5.91 Å². The van der Waals surface area contributed by atoms with Gasteiger partial charge in [-0.15, -0.1) is 5.10 Å². The van der Waals surface area contributed by atoms with Gasteiger partial charge >= 0.3 is 0 Å². The molecule has 2 aromatic carbocycles. The molecule has 4 aromatic rings. The molecule has 0 fully saturated rings. The van der Waals surface area contributed by atoms with E-state index in [1.54, 1.807) is 24.3 Å². The number of carbonyl (C=O) groups is 1. The van der Waals surface area contributed by atoms with Gasteiger partial charge in [-0.05, 0) is 66.1 Å². The van der Waals surface area contributed by atoms with E-state index in [0.29, 0.717) is 17.0 Å². The van der Waals surface area contributed by atoms with Crippen LogP contribution in [0.25, 0.3) is 17.1 Å². The Hall–Kier alpha value is -4.74. The maximum absolute atomic E-state index is 12.9. The number of nitrogen functional groups attached to an aromatic ring is 1. The topological polar surface area (TPSA) is 156 Å². The lowest BCUT2D eigenvalue weighted by Gasteiger charge is -2.09. The Labute approximate surface area is 194 Å². The number of nitrogens with two attached hydrogens (primary N) is 1. The van der Waals surface area contributed by atoms with Crippen molar-refractivity contribution in [2.24, 2.45) is 5.10 Å². The number of hydrazone groups is 1. The largest absolute Gasteiger partial charge is 0.497 e. The predicted molar refractivity (Wildman–Crippen MR) is 123 cm³/mol. The van der Waals surface area contributed by atoms with Crippen LogP contribution >= 0.6 is 0 Å². The molecule has 0 unspecified atom stereocenters. The summed E-state index contributed by atoms with van der Waals surface area (Å²) in [5, 5.41) is 19.4. The van der Waals surface area contributed by atoms with Gasteiger partial charge in [-0.2, -0.15) is 9.78 Å². The first-order valence-corrected chi connectivity index (χ1v) is 10.2. The number of aromatic nitrogens is 5. The molecule has 0 spiro atoms. The number of hydrogen-bond donors (Lipinski definition) is 2. The average molecular weight is 462 g/mol. The van der Waals surface area contributed by atoms with Gasteiger partial charge in [0.25, 0.3) is 5.91 Å². The Morgan fingerprint density at radius 1 is 1.18 bits per heavy atom. The lowest BCUT2D eigenvalue weighted by atomic mass is 10.1. The van der Waals surface area contributed by atoms with Crippen LogP contribution in [0.5, 0.6) is 11.5 Å². The molecule has 12 heteroatoms. The first-order valence-electron chi connectivity index (χ1n) is 10.2. The van der Waals surface area contributed by atoms with Crippen molar-refractivity contribution in [3.05, 3.63) is 59.8 Å². The highest BCUT2D eigenvalue weighted by Gasteiger charge is 2.25. The van der Waals surface area contributed by atoms with Gasteiger partial charge < -0.3 is 15.2 Å². The minimum atomic E-state index is -0.588. The van der Waals surface area contributed by atoms with Gasteiger partial charge in [0.15, 0.2) is 5.69 Å². The molecule has 2 heterocycles. The maximum Gasteiger partial charge on any atom is 0.294 e. The lowest BCUT2D eigenvalue weighted by molar-refractivity contribution is 0.0950. The zero-order chi connectivity index (χ0) is 24.1. The van der Waals surface area contributed by atoms with Crippen LogP contribution in [-0.4, -0.2) is 50.6 Å². The molecule has 0 aliphatic rings. The number of anilines is 1. The second-order valence-electron chi connectivity index (χ2n) is 7.34. The SMILES string of the molecule is COc1cccc(-c2c(C(=O)N/N=C\c3ccc(OC(C)C)cc3)nnn2-c2nonc2N)c1. The molecule has 0 saturated carbocycles. The minimum Gasteiger partial charge on any atom is -0.497 e. The van der Waals surface area contributed by atoms with Gasteiger partial charge in [-0.25, -0.2) is 10.1 Å². The van der Waals surface area contributed by atoms with Crippen molar-refractivity contribution in [1.82, 2.24) is 30.7 Å². The summed E-state index contributed by atoms with van der Waals surface area (Å²) in [6.07, 6.45) is 1.58. The van der Waals surface area contributed by atoms with Crippen LogP contribution in [0.15, 0.2) is 58.3 Å². The van der Waals surface area contributed by atoms with Crippen LogP contribution < -0.4 is 20.6 Å². The highest BCUT2D eigenvalue weighted by molar-refractivity contribution is 5.99. The number of nitrogens with one attached hydrogen (secondary N) is 1. The Balaban J connectivity index is 1.61. The van der Waals surface area contributed by atoms with Crippen molar-refractivity contribution in [2.75, 3.05) is 12.8 Å². The third kappa shape index (κ3) is 4.85. The molecule has 34 heavy (non-hydrogen) atoms. The average Bonchev–Trinajstić information content (AvgIpc) is 3.45. The van der Waals surface area contributed by atoms with E-state index in [4.69, 9.17) is 15.2 Å². The van der Waals surface area contributed by atoms with Gasteiger partial charge in [0, 0.05) is 5.56 Å². The van der Waals surface area contributed by atoms with Crippen molar-refractivity contribution in [3.63, 3.8) is 0 Å². The summed E-state index contributed by atoms with van der Waals surface area (Å²) in [5.41, 5.74) is 9.96. The molecule has 0 radical (unpaired) electrons. The van der Waals surface area contributed by atoms with E-state index in [2.05, 4.69) is 35.8 Å². The van der Waals surface area contributed by atoms with Crippen LogP contribution in [0.3, 0.4) is 0 Å². The summed E-state index contributed by atoms with van der Waals surface area (Å²) in [6.45, 7) is 3.91. The quantitative estimate of drug-likeness (QED) is 0.296. The van der Waals surface area contributed by atoms with Crippen molar-refractivity contribution >= 4 is 17.9 Å². The molecule has 1 amide bonds. The number of carbonyl (C=O) groups excluding carboxylic acids is 1. The van der Waals surface area contributed by atoms with Crippen LogP contribution in [0.1, 0.15) is 29.9 Å². The normalized spacial score (nSPS) is 11.2. The molecule has 0 aliphatic heterocycles. The van der Waals surface area contributed by atoms with E-state index in [0.717, 1.165) is 11.3 Å². The Bertz CT molecular complexity index is 1310. The fraction of sp³-hybridized carbons (Fsp3) is 0.182. The number of amides is 1. The molecule has 0 atom stereocenters. The molecule has 12 nitrogen and oxygen atoms in total. The third-order valence-corrected chi connectivity index (χ3v) is 4.56. The van der Waals surface area contributed by atoms with Gasteiger partial charge in [0.1, 0.15) is 17.2 Å². The zero-order valence-corrected chi connectivity index (χ0v) is 18.7. The highest BCUT2D eigenvalue weighted by Crippen LogP contribution is 2.29. The van der Waals surface area contributed by atoms with Gasteiger partial charge in [0.05, 0.1) is 19.4 Å². The molecule has 4 rings (SSSR count). The Morgan fingerprint density at radius 2 is 1.97 bits per heavy atom. The molecular formula is C22H22N8O4. The molecule has 3 N–H and O–H groups in total. The summed E-state index contributed by atoms with van der Waals surface area (Å²) >= 11 is 0. The Morgan fingerprint density at radius 3 is 2.65 bits per heavy atom. The number of ether oxygens (including phenoxy) is 2. The van der Waals surface area contributed by atoms with Crippen molar-refractivity contribution in [2.45, 2.75) is 20.0 Å². The van der Waals surface area contributed by atoms with E-state index in [9.17, 15) is 4.79 Å². The van der Waals surface area contributed by atoms with Gasteiger partial charge in [-0.1, -0.05) is 17.3 Å². The number of hydrogen-bond acceptors (Lipinski definition) is 10. The van der Waals surface area contributed by atoms with Crippen LogP contribution in [0.2, 0.25) is 0 Å². The standard InChI is InChI=1S/C22H22N8O4/c1-13(2)33-16-9-7-14(8-10-16)12-24-26-22(31)18-19(15-5-4-6-17(11-15)32-3)30(29-25-18)21-20(23)27-34-28-21/h4-13H,1-3H3,(H2,23,27)(H,26,31)/b24-12-. The molecule has 2 aromatic heterocycles. The summed E-state index contributed by atoms with van der Waals surface area (Å²) < 4.78 is 16.9. The van der Waals surface area contributed by atoms with Crippen molar-refractivity contribution in [1.29, 1.82) is 0 Å². The van der Waals surface area contributed by atoms with E-state index in [1.165, 1.54) is 18.0 Å². The lowest BCUT2D eigenvalue weighted by Crippen LogP contribution is -2.19. The minimum absolute atomic E-state index is 0.00603. The van der Waals surface area contributed by atoms with Gasteiger partial charge in [-0.3, -0.25) is 4.79 Å². The first-order chi connectivity index (χ1) is 16.5. The Kier molecular flexibility index (Phi) is 6.48. The second-order valence-corrected chi connectivity index (χ2v) is 7.34. The summed E-state index contributed by atoms with van der Waals surface area (Å²) in [7, 11) is 1.54. The van der Waals surface area contributed by atoms with Gasteiger partial charge in [0.2, 0.25) is 11.6 Å². The van der Waals surface area contributed by atoms with E-state index in [-0.39, 0.29) is 23.4 Å². The molecular weight excluding hydrogens is 440 g/mol. The molecule has 0 aliphatic carbocycles. The van der Waals surface area contributed by atoms with Crippen molar-refractivity contribution in [3.8, 4) is 28.6 Å². The number of rotatable bonds is 8. The number of benzene rings is 2. The summed E-state index contributed by atoms with van der Waals surface area (Å²) in [5.74, 6) is 0.818. The number of methoxy groups -OCH3 is 1. The smallest absolute Gasteiger partial charge is 0.294 e. The molecule has 0 bridgehead atoms. The van der Waals surface area contributed by atoms with E-state index >= 15 is 0 Å². The number of nitrogens with zero attached hydrogens (tertiary/aromatic N) is 6. The summed E-state index contributed by atoms with van der Waals surface area (Å²) in [6, 6.07) is 14.3. The first kappa shape index (κ1) is 22.5. The third-order valence-electron chi connectivity index (χ3n) is 4.56. The van der Waals surface area contributed by atoms with Crippen molar-refractivity contribution < 1.29 is 18.9 Å². The maximum atomic E-state index is 12.9. The van der Waals surface area contributed by atoms with E-state index in [1.807, 2.05) is 38.1 Å². The molecule has 0 saturated heterocycles. The monoisotopic (exact) mass is 462 g/mol. The van der Waals surface area contributed by atoms with Crippen LogP contribution in [0, 0.1) is 0 Å². The highest BCUT2D eigenvalue weighted by atomic mass is 16.6. The second kappa shape index (κ2) is 9.81.